The van der Waals surface area contributed by atoms with Gasteiger partial charge >= 0.3 is 0 Å². The molecule has 2 nitrogen and oxygen atoms in total. The smallest absolute Gasteiger partial charge is 0.101 e. The highest BCUT2D eigenvalue weighted by Gasteiger charge is 2.04. The van der Waals surface area contributed by atoms with E-state index in [4.69, 9.17) is 23.2 Å². The number of aliphatic hydroxyl groups is 1. The molecule has 0 amide bonds. The van der Waals surface area contributed by atoms with Crippen molar-refractivity contribution in [1.82, 2.24) is 4.98 Å². The van der Waals surface area contributed by atoms with E-state index in [1.165, 1.54) is 11.8 Å². The first kappa shape index (κ1) is 13.7. The first-order chi connectivity index (χ1) is 8.56. The molecule has 0 saturated heterocycles. The summed E-state index contributed by atoms with van der Waals surface area (Å²) in [5, 5.41) is 11.3. The van der Waals surface area contributed by atoms with Gasteiger partial charge in [-0.25, -0.2) is 4.98 Å². The van der Waals surface area contributed by atoms with Gasteiger partial charge in [-0.1, -0.05) is 41.0 Å². The highest BCUT2D eigenvalue weighted by atomic mass is 35.5. The number of hydrogen-bond acceptors (Lipinski definition) is 3. The van der Waals surface area contributed by atoms with Crippen LogP contribution in [0.15, 0.2) is 46.5 Å². The summed E-state index contributed by atoms with van der Waals surface area (Å²) in [4.78, 5) is 5.25. The highest BCUT2D eigenvalue weighted by Crippen LogP contribution is 2.31. The van der Waals surface area contributed by atoms with E-state index in [1.54, 1.807) is 25.3 Å². The van der Waals surface area contributed by atoms with Crippen molar-refractivity contribution in [1.29, 1.82) is 0 Å². The van der Waals surface area contributed by atoms with Crippen molar-refractivity contribution in [2.75, 3.05) is 0 Å². The van der Waals surface area contributed by atoms with Gasteiger partial charge in [0.1, 0.15) is 5.03 Å². The lowest BCUT2D eigenvalue weighted by atomic mass is 10.2. The Balaban J connectivity index is 2.15. The second kappa shape index (κ2) is 5.93. The average molecular weight is 300 g/mol. The van der Waals surface area contributed by atoms with Crippen molar-refractivity contribution >= 4 is 35.0 Å². The maximum atomic E-state index is 9.39. The van der Waals surface area contributed by atoms with E-state index in [-0.39, 0.29) is 0 Å². The minimum absolute atomic E-state index is 0.499. The standard InChI is InChI=1S/C13H11Cl2NOS/c1-8(17)9-2-5-13(16-7-9)18-10-3-4-11(14)12(15)6-10/h2-8,17H,1H3/t8-/m0/s1. The van der Waals surface area contributed by atoms with Crippen molar-refractivity contribution in [3.8, 4) is 0 Å². The summed E-state index contributed by atoms with van der Waals surface area (Å²) in [5.74, 6) is 0. The molecule has 0 bridgehead atoms. The maximum Gasteiger partial charge on any atom is 0.101 e. The first-order valence-corrected chi connectivity index (χ1v) is 6.90. The van der Waals surface area contributed by atoms with E-state index in [0.29, 0.717) is 10.0 Å². The fourth-order valence-electron chi connectivity index (χ4n) is 1.36. The fourth-order valence-corrected chi connectivity index (χ4v) is 2.52. The van der Waals surface area contributed by atoms with Gasteiger partial charge in [-0.3, -0.25) is 0 Å². The normalized spacial score (nSPS) is 12.4. The zero-order chi connectivity index (χ0) is 13.1. The molecule has 0 aliphatic rings. The molecule has 1 heterocycles. The van der Waals surface area contributed by atoms with Crippen molar-refractivity contribution in [3.63, 3.8) is 0 Å². The van der Waals surface area contributed by atoms with Gasteiger partial charge in [-0.15, -0.1) is 0 Å². The average Bonchev–Trinajstić information content (AvgIpc) is 2.34. The van der Waals surface area contributed by atoms with E-state index in [0.717, 1.165) is 15.5 Å². The van der Waals surface area contributed by atoms with Crippen LogP contribution in [0.2, 0.25) is 10.0 Å². The van der Waals surface area contributed by atoms with Gasteiger partial charge in [0.25, 0.3) is 0 Å². The molecule has 1 atom stereocenters. The number of aromatic nitrogens is 1. The molecule has 0 saturated carbocycles. The van der Waals surface area contributed by atoms with Crippen LogP contribution >= 0.6 is 35.0 Å². The van der Waals surface area contributed by atoms with Crippen LogP contribution in [0, 0.1) is 0 Å². The molecule has 0 unspecified atom stereocenters. The van der Waals surface area contributed by atoms with Crippen molar-refractivity contribution < 1.29 is 5.11 Å². The number of aliphatic hydroxyl groups excluding tert-OH is 1. The molecule has 18 heavy (non-hydrogen) atoms. The van der Waals surface area contributed by atoms with E-state index in [2.05, 4.69) is 4.98 Å². The number of nitrogens with zero attached hydrogens (tertiary/aromatic N) is 1. The molecule has 5 heteroatoms. The van der Waals surface area contributed by atoms with Gasteiger partial charge in [0, 0.05) is 11.1 Å². The zero-order valence-corrected chi connectivity index (χ0v) is 11.9. The molecule has 2 rings (SSSR count). The number of halogens is 2. The van der Waals surface area contributed by atoms with Crippen LogP contribution in [0.3, 0.4) is 0 Å². The monoisotopic (exact) mass is 299 g/mol. The minimum Gasteiger partial charge on any atom is -0.389 e. The van der Waals surface area contributed by atoms with Crippen LogP contribution in [0.4, 0.5) is 0 Å². The van der Waals surface area contributed by atoms with Gasteiger partial charge in [0.05, 0.1) is 16.1 Å². The third-order valence-corrected chi connectivity index (χ3v) is 4.03. The largest absolute Gasteiger partial charge is 0.389 e. The zero-order valence-electron chi connectivity index (χ0n) is 9.60. The summed E-state index contributed by atoms with van der Waals surface area (Å²) in [6, 6.07) is 9.19. The molecule has 0 aliphatic heterocycles. The molecule has 0 aliphatic carbocycles. The van der Waals surface area contributed by atoms with Gasteiger partial charge in [-0.2, -0.15) is 0 Å². The Morgan fingerprint density at radius 2 is 1.94 bits per heavy atom. The predicted molar refractivity (Wildman–Crippen MR) is 75.5 cm³/mol. The molecular formula is C13H11Cl2NOS. The quantitative estimate of drug-likeness (QED) is 0.899. The lowest BCUT2D eigenvalue weighted by molar-refractivity contribution is 0.198. The van der Waals surface area contributed by atoms with E-state index < -0.39 is 6.10 Å². The summed E-state index contributed by atoms with van der Waals surface area (Å²) in [6.07, 6.45) is 1.17. The van der Waals surface area contributed by atoms with E-state index in [1.807, 2.05) is 18.2 Å². The Morgan fingerprint density at radius 3 is 2.50 bits per heavy atom. The number of pyridine rings is 1. The summed E-state index contributed by atoms with van der Waals surface area (Å²) in [5.41, 5.74) is 0.800. The van der Waals surface area contributed by atoms with Crippen LogP contribution in [-0.4, -0.2) is 10.1 Å². The highest BCUT2D eigenvalue weighted by molar-refractivity contribution is 7.99. The summed E-state index contributed by atoms with van der Waals surface area (Å²) >= 11 is 13.3. The molecule has 2 aromatic rings. The Bertz CT molecular complexity index is 543. The molecule has 0 spiro atoms. The molecule has 1 N–H and O–H groups in total. The van der Waals surface area contributed by atoms with Crippen LogP contribution in [0.1, 0.15) is 18.6 Å². The summed E-state index contributed by atoms with van der Waals surface area (Å²) in [6.45, 7) is 1.71. The van der Waals surface area contributed by atoms with E-state index in [9.17, 15) is 5.11 Å². The van der Waals surface area contributed by atoms with Gasteiger partial charge < -0.3 is 5.11 Å². The number of rotatable bonds is 3. The summed E-state index contributed by atoms with van der Waals surface area (Å²) in [7, 11) is 0. The molecule has 1 aromatic carbocycles. The van der Waals surface area contributed by atoms with Crippen molar-refractivity contribution in [3.05, 3.63) is 52.1 Å². The van der Waals surface area contributed by atoms with Crippen LogP contribution in [-0.2, 0) is 0 Å². The molecule has 1 aromatic heterocycles. The SMILES string of the molecule is C[C@H](O)c1ccc(Sc2ccc(Cl)c(Cl)c2)nc1. The third kappa shape index (κ3) is 3.39. The van der Waals surface area contributed by atoms with Crippen molar-refractivity contribution in [2.24, 2.45) is 0 Å². The second-order valence-electron chi connectivity index (χ2n) is 3.78. The fraction of sp³-hybridized carbons (Fsp3) is 0.154. The molecule has 0 radical (unpaired) electrons. The lowest BCUT2D eigenvalue weighted by Gasteiger charge is -2.06. The first-order valence-electron chi connectivity index (χ1n) is 5.33. The Hall–Kier alpha value is -0.740. The van der Waals surface area contributed by atoms with Crippen molar-refractivity contribution in [2.45, 2.75) is 22.9 Å². The number of benzene rings is 1. The minimum atomic E-state index is -0.499. The number of hydrogen-bond donors (Lipinski definition) is 1. The van der Waals surface area contributed by atoms with Crippen LogP contribution < -0.4 is 0 Å². The van der Waals surface area contributed by atoms with Gasteiger partial charge in [-0.05, 0) is 36.8 Å². The Labute approximate surface area is 120 Å². The van der Waals surface area contributed by atoms with Crippen LogP contribution in [0.25, 0.3) is 0 Å². The Morgan fingerprint density at radius 1 is 1.17 bits per heavy atom. The molecule has 94 valence electrons. The molecule has 0 fully saturated rings. The topological polar surface area (TPSA) is 33.1 Å². The van der Waals surface area contributed by atoms with E-state index >= 15 is 0 Å². The summed E-state index contributed by atoms with van der Waals surface area (Å²) < 4.78 is 0. The third-order valence-electron chi connectivity index (χ3n) is 2.36. The maximum absolute atomic E-state index is 9.39. The lowest BCUT2D eigenvalue weighted by Crippen LogP contribution is -1.92. The molecular weight excluding hydrogens is 289 g/mol. The predicted octanol–water partition coefficient (Wildman–Crippen LogP) is 4.59. The van der Waals surface area contributed by atoms with Gasteiger partial charge in [0.15, 0.2) is 0 Å². The Kier molecular flexibility index (Phi) is 4.51. The van der Waals surface area contributed by atoms with Gasteiger partial charge in [0.2, 0.25) is 0 Å². The van der Waals surface area contributed by atoms with Crippen LogP contribution in [0.5, 0.6) is 0 Å². The second-order valence-corrected chi connectivity index (χ2v) is 5.69.